The highest BCUT2D eigenvalue weighted by Crippen LogP contribution is 2.35. The number of hydrogen-bond acceptors (Lipinski definition) is 5. The molecule has 1 saturated heterocycles. The van der Waals surface area contributed by atoms with Crippen LogP contribution in [0.5, 0.6) is 0 Å². The number of aryl methyl sites for hydroxylation is 1. The first kappa shape index (κ1) is 15.9. The first-order valence-electron chi connectivity index (χ1n) is 7.13. The van der Waals surface area contributed by atoms with Gasteiger partial charge in [0.25, 0.3) is 0 Å². The van der Waals surface area contributed by atoms with Crippen molar-refractivity contribution in [2.24, 2.45) is 0 Å². The van der Waals surface area contributed by atoms with E-state index in [1.54, 1.807) is 23.6 Å². The summed E-state index contributed by atoms with van der Waals surface area (Å²) in [6.45, 7) is 4.40. The Bertz CT molecular complexity index is 731. The van der Waals surface area contributed by atoms with Crippen LogP contribution in [0.3, 0.4) is 0 Å². The zero-order chi connectivity index (χ0) is 16.6. The van der Waals surface area contributed by atoms with E-state index in [0.29, 0.717) is 24.0 Å². The van der Waals surface area contributed by atoms with E-state index in [1.165, 1.54) is 6.20 Å². The van der Waals surface area contributed by atoms with E-state index in [1.807, 2.05) is 19.1 Å². The lowest BCUT2D eigenvalue weighted by Gasteiger charge is -2.24. The highest BCUT2D eigenvalue weighted by atomic mass is 35.5. The monoisotopic (exact) mass is 337 g/mol. The number of benzene rings is 1. The molecular weight excluding hydrogens is 322 g/mol. The maximum Gasteiger partial charge on any atom is 0.381 e. The summed E-state index contributed by atoms with van der Waals surface area (Å²) >= 11 is 5.90. The topological polar surface area (TPSA) is 79.4 Å². The summed E-state index contributed by atoms with van der Waals surface area (Å²) in [5.74, 6) is -0.447. The van der Waals surface area contributed by atoms with Crippen LogP contribution in [0.15, 0.2) is 30.5 Å². The van der Waals surface area contributed by atoms with Gasteiger partial charge in [0.1, 0.15) is 12.3 Å². The molecule has 1 aliphatic heterocycles. The molecule has 0 amide bonds. The molecule has 0 saturated carbocycles. The van der Waals surface area contributed by atoms with Crippen molar-refractivity contribution in [3.05, 3.63) is 57.0 Å². The molecule has 0 N–H and O–H groups in total. The maximum absolute atomic E-state index is 10.8. The first-order chi connectivity index (χ1) is 10.9. The van der Waals surface area contributed by atoms with Gasteiger partial charge in [-0.15, -0.1) is 0 Å². The van der Waals surface area contributed by atoms with Crippen LogP contribution in [0.1, 0.15) is 18.3 Å². The number of aromatic nitrogens is 2. The van der Waals surface area contributed by atoms with Crippen LogP contribution in [-0.4, -0.2) is 27.2 Å². The van der Waals surface area contributed by atoms with Crippen molar-refractivity contribution < 1.29 is 14.4 Å². The second-order valence-corrected chi connectivity index (χ2v) is 6.00. The van der Waals surface area contributed by atoms with Gasteiger partial charge in [0.15, 0.2) is 5.79 Å². The van der Waals surface area contributed by atoms with Gasteiger partial charge >= 0.3 is 5.82 Å². The van der Waals surface area contributed by atoms with Gasteiger partial charge in [0.2, 0.25) is 5.82 Å². The summed E-state index contributed by atoms with van der Waals surface area (Å²) in [6.07, 6.45) is 1.19. The van der Waals surface area contributed by atoms with Gasteiger partial charge in [-0.25, -0.2) is 0 Å². The van der Waals surface area contributed by atoms with Crippen molar-refractivity contribution >= 4 is 17.4 Å². The SMILES string of the molecule is Cc1nc([N+](=O)[O-])cn1C[C@H]1CO[C@](C)(c2ccc(Cl)cc2)O1. The molecule has 7 nitrogen and oxygen atoms in total. The quantitative estimate of drug-likeness (QED) is 0.633. The smallest absolute Gasteiger partial charge is 0.358 e. The highest BCUT2D eigenvalue weighted by molar-refractivity contribution is 6.30. The molecule has 2 heterocycles. The summed E-state index contributed by atoms with van der Waals surface area (Å²) < 4.78 is 13.5. The molecule has 0 radical (unpaired) electrons. The fourth-order valence-electron chi connectivity index (χ4n) is 2.62. The fraction of sp³-hybridized carbons (Fsp3) is 0.400. The molecule has 1 aliphatic rings. The third kappa shape index (κ3) is 3.21. The summed E-state index contributed by atoms with van der Waals surface area (Å²) in [5, 5.41) is 11.4. The molecule has 23 heavy (non-hydrogen) atoms. The van der Waals surface area contributed by atoms with Gasteiger partial charge in [0.05, 0.1) is 13.2 Å². The summed E-state index contributed by atoms with van der Waals surface area (Å²) in [5.41, 5.74) is 0.873. The van der Waals surface area contributed by atoms with E-state index in [-0.39, 0.29) is 11.9 Å². The van der Waals surface area contributed by atoms with Crippen molar-refractivity contribution in [2.75, 3.05) is 6.61 Å². The number of imidazole rings is 1. The van der Waals surface area contributed by atoms with E-state index >= 15 is 0 Å². The molecular formula is C15H16ClN3O4. The van der Waals surface area contributed by atoms with Crippen LogP contribution in [-0.2, 0) is 21.8 Å². The molecule has 2 atom stereocenters. The minimum absolute atomic E-state index is 0.165. The summed E-state index contributed by atoms with van der Waals surface area (Å²) in [7, 11) is 0. The Hall–Kier alpha value is -1.96. The van der Waals surface area contributed by atoms with Crippen molar-refractivity contribution in [3.8, 4) is 0 Å². The second kappa shape index (κ2) is 5.92. The Balaban J connectivity index is 1.72. The fourth-order valence-corrected chi connectivity index (χ4v) is 2.74. The van der Waals surface area contributed by atoms with Crippen molar-refractivity contribution in [1.82, 2.24) is 9.55 Å². The minimum Gasteiger partial charge on any atom is -0.358 e. The third-order valence-electron chi connectivity index (χ3n) is 3.86. The molecule has 0 aliphatic carbocycles. The number of rotatable bonds is 4. The molecule has 3 rings (SSSR count). The standard InChI is InChI=1S/C15H16ClN3O4/c1-10-17-14(19(20)21)8-18(10)7-13-9-22-15(2,23-13)11-3-5-12(16)6-4-11/h3-6,8,13H,7,9H2,1-2H3/t13-,15-/m0/s1. The Morgan fingerprint density at radius 1 is 1.48 bits per heavy atom. The Morgan fingerprint density at radius 2 is 2.17 bits per heavy atom. The van der Waals surface area contributed by atoms with Gasteiger partial charge in [-0.3, -0.25) is 0 Å². The normalized spacial score (nSPS) is 24.0. The van der Waals surface area contributed by atoms with Crippen LogP contribution in [0.2, 0.25) is 5.02 Å². The third-order valence-corrected chi connectivity index (χ3v) is 4.11. The molecule has 0 spiro atoms. The van der Waals surface area contributed by atoms with Crippen LogP contribution in [0, 0.1) is 17.0 Å². The zero-order valence-corrected chi connectivity index (χ0v) is 13.5. The van der Waals surface area contributed by atoms with E-state index in [2.05, 4.69) is 4.98 Å². The second-order valence-electron chi connectivity index (χ2n) is 5.56. The molecule has 1 aromatic carbocycles. The van der Waals surface area contributed by atoms with Crippen molar-refractivity contribution in [3.63, 3.8) is 0 Å². The van der Waals surface area contributed by atoms with E-state index in [4.69, 9.17) is 21.1 Å². The van der Waals surface area contributed by atoms with Crippen LogP contribution >= 0.6 is 11.6 Å². The van der Waals surface area contributed by atoms with E-state index < -0.39 is 10.7 Å². The lowest BCUT2D eigenvalue weighted by Crippen LogP contribution is -2.25. The molecule has 122 valence electrons. The zero-order valence-electron chi connectivity index (χ0n) is 12.7. The lowest BCUT2D eigenvalue weighted by atomic mass is 10.1. The average molecular weight is 338 g/mol. The first-order valence-corrected chi connectivity index (χ1v) is 7.51. The van der Waals surface area contributed by atoms with Gasteiger partial charge < -0.3 is 24.2 Å². The Labute approximate surface area is 137 Å². The predicted molar refractivity (Wildman–Crippen MR) is 83.2 cm³/mol. The minimum atomic E-state index is -0.852. The number of nitro groups is 1. The van der Waals surface area contributed by atoms with Crippen molar-refractivity contribution in [1.29, 1.82) is 0 Å². The highest BCUT2D eigenvalue weighted by Gasteiger charge is 2.39. The van der Waals surface area contributed by atoms with Crippen LogP contribution in [0.4, 0.5) is 5.82 Å². The number of hydrogen-bond donors (Lipinski definition) is 0. The molecule has 0 unspecified atom stereocenters. The van der Waals surface area contributed by atoms with Crippen LogP contribution in [0.25, 0.3) is 0 Å². The van der Waals surface area contributed by atoms with Gasteiger partial charge in [-0.05, 0) is 29.0 Å². The molecule has 2 aromatic rings. The molecule has 1 fully saturated rings. The lowest BCUT2D eigenvalue weighted by molar-refractivity contribution is -0.389. The molecule has 8 heteroatoms. The van der Waals surface area contributed by atoms with E-state index in [0.717, 1.165) is 5.56 Å². The van der Waals surface area contributed by atoms with Gasteiger partial charge in [0, 0.05) is 17.5 Å². The van der Waals surface area contributed by atoms with E-state index in [9.17, 15) is 10.1 Å². The Kier molecular flexibility index (Phi) is 4.09. The molecule has 0 bridgehead atoms. The number of halogens is 1. The largest absolute Gasteiger partial charge is 0.381 e. The molecule has 1 aromatic heterocycles. The summed E-state index contributed by atoms with van der Waals surface area (Å²) in [6, 6.07) is 7.28. The van der Waals surface area contributed by atoms with Gasteiger partial charge in [-0.2, -0.15) is 0 Å². The predicted octanol–water partition coefficient (Wildman–Crippen LogP) is 3.04. The van der Waals surface area contributed by atoms with Gasteiger partial charge in [-0.1, -0.05) is 23.7 Å². The van der Waals surface area contributed by atoms with Crippen LogP contribution < -0.4 is 0 Å². The summed E-state index contributed by atoms with van der Waals surface area (Å²) in [4.78, 5) is 14.2. The number of ether oxygens (including phenoxy) is 2. The number of nitrogens with zero attached hydrogens (tertiary/aromatic N) is 3. The average Bonchev–Trinajstić information content (AvgIpc) is 3.05. The maximum atomic E-state index is 10.8. The van der Waals surface area contributed by atoms with Crippen molar-refractivity contribution in [2.45, 2.75) is 32.3 Å². The Morgan fingerprint density at radius 3 is 2.78 bits per heavy atom.